The molecule has 9 nitrogen and oxygen atoms in total. The van der Waals surface area contributed by atoms with E-state index in [1.807, 2.05) is 61.6 Å². The Morgan fingerprint density at radius 1 is 1.09 bits per heavy atom. The van der Waals surface area contributed by atoms with Crippen LogP contribution in [0.4, 0.5) is 5.69 Å². The minimum Gasteiger partial charge on any atom is -0.468 e. The van der Waals surface area contributed by atoms with E-state index >= 15 is 0 Å². The van der Waals surface area contributed by atoms with Gasteiger partial charge < -0.3 is 20.8 Å². The number of benzene rings is 2. The lowest BCUT2D eigenvalue weighted by atomic mass is 10.1. The van der Waals surface area contributed by atoms with Gasteiger partial charge in [0, 0.05) is 16.8 Å². The van der Waals surface area contributed by atoms with Gasteiger partial charge in [-0.1, -0.05) is 30.3 Å². The molecule has 0 saturated carbocycles. The highest BCUT2D eigenvalue weighted by molar-refractivity contribution is 7.20. The highest BCUT2D eigenvalue weighted by Crippen LogP contribution is 2.28. The number of thiophene rings is 1. The molecule has 0 bridgehead atoms. The van der Waals surface area contributed by atoms with Crippen molar-refractivity contribution >= 4 is 45.3 Å². The molecule has 4 rings (SSSR count). The van der Waals surface area contributed by atoms with Gasteiger partial charge in [-0.25, -0.2) is 5.48 Å². The molecule has 35 heavy (non-hydrogen) atoms. The number of nitrogens with one attached hydrogen (secondary N) is 3. The third-order valence-corrected chi connectivity index (χ3v) is 5.65. The highest BCUT2D eigenvalue weighted by Gasteiger charge is 2.10. The average molecular weight is 497 g/mol. The fraction of sp³-hybridized carbons (Fsp3) is 0.160. The van der Waals surface area contributed by atoms with E-state index in [0.29, 0.717) is 23.4 Å². The quantitative estimate of drug-likeness (QED) is 0.150. The van der Waals surface area contributed by atoms with Gasteiger partial charge in [-0.15, -0.1) is 11.3 Å². The Balaban J connectivity index is 0.000000327. The van der Waals surface area contributed by atoms with Crippen LogP contribution in [0.2, 0.25) is 0 Å². The van der Waals surface area contributed by atoms with Gasteiger partial charge in [0.25, 0.3) is 5.91 Å². The Morgan fingerprint density at radius 3 is 2.46 bits per heavy atom. The standard InChI is InChI=1S/C18H16N2O3S.C6H9NO.CH3NO/c21-17(9-6-12-4-2-1-3-5-12)19-14-7-8-15-13(10-14)11-16(24-15)18(22)20-23;1-7-5-6-3-2-4-8-6;2-1-3/h1-5,7-8,10-11,23H,6,9H2,(H,19,21)(H,20,22);2-4,7H,5H2,1H3;1H,(H2,2,3). The van der Waals surface area contributed by atoms with Crippen molar-refractivity contribution in [2.24, 2.45) is 5.73 Å². The van der Waals surface area contributed by atoms with Crippen molar-refractivity contribution in [1.82, 2.24) is 10.8 Å². The number of anilines is 1. The summed E-state index contributed by atoms with van der Waals surface area (Å²) >= 11 is 1.28. The predicted octanol–water partition coefficient (Wildman–Crippen LogP) is 3.69. The Labute approximate surface area is 206 Å². The number of carbonyl (C=O) groups is 3. The number of hydroxylamine groups is 1. The smallest absolute Gasteiger partial charge is 0.284 e. The first-order chi connectivity index (χ1) is 17.0. The molecule has 0 aliphatic heterocycles. The van der Waals surface area contributed by atoms with Crippen LogP contribution in [-0.2, 0) is 22.6 Å². The molecule has 3 amide bonds. The van der Waals surface area contributed by atoms with E-state index in [-0.39, 0.29) is 12.3 Å². The molecule has 0 saturated heterocycles. The second kappa shape index (κ2) is 15.0. The van der Waals surface area contributed by atoms with E-state index in [4.69, 9.17) is 14.4 Å². The molecule has 2 heterocycles. The fourth-order valence-corrected chi connectivity index (χ4v) is 3.93. The summed E-state index contributed by atoms with van der Waals surface area (Å²) in [6.45, 7) is 0.812. The van der Waals surface area contributed by atoms with Crippen LogP contribution in [0.5, 0.6) is 0 Å². The molecule has 0 atom stereocenters. The fourth-order valence-electron chi connectivity index (χ4n) is 3.00. The van der Waals surface area contributed by atoms with Crippen molar-refractivity contribution in [2.75, 3.05) is 12.4 Å². The molecule has 184 valence electrons. The van der Waals surface area contributed by atoms with Gasteiger partial charge in [0.05, 0.1) is 17.7 Å². The van der Waals surface area contributed by atoms with Crippen molar-refractivity contribution in [3.8, 4) is 0 Å². The van der Waals surface area contributed by atoms with Gasteiger partial charge in [0.1, 0.15) is 5.76 Å². The van der Waals surface area contributed by atoms with Crippen molar-refractivity contribution in [2.45, 2.75) is 19.4 Å². The predicted molar refractivity (Wildman–Crippen MR) is 136 cm³/mol. The zero-order chi connectivity index (χ0) is 25.5. The summed E-state index contributed by atoms with van der Waals surface area (Å²) in [5, 5.41) is 15.4. The molecule has 4 aromatic rings. The number of nitrogens with two attached hydrogens (primary N) is 1. The molecule has 0 aliphatic rings. The Hall–Kier alpha value is -3.99. The first-order valence-electron chi connectivity index (χ1n) is 10.6. The summed E-state index contributed by atoms with van der Waals surface area (Å²) < 4.78 is 5.92. The number of carbonyl (C=O) groups excluding carboxylic acids is 3. The number of hydrogen-bond donors (Lipinski definition) is 5. The topological polar surface area (TPSA) is 147 Å². The number of amides is 3. The summed E-state index contributed by atoms with van der Waals surface area (Å²) in [6, 6.07) is 20.8. The maximum Gasteiger partial charge on any atom is 0.284 e. The molecule has 2 aromatic carbocycles. The highest BCUT2D eigenvalue weighted by atomic mass is 32.1. The van der Waals surface area contributed by atoms with Crippen molar-refractivity contribution in [3.05, 3.63) is 89.2 Å². The summed E-state index contributed by atoms with van der Waals surface area (Å²) in [4.78, 5) is 32.5. The van der Waals surface area contributed by atoms with Crippen LogP contribution in [0.15, 0.2) is 77.4 Å². The van der Waals surface area contributed by atoms with Crippen molar-refractivity contribution in [1.29, 1.82) is 0 Å². The van der Waals surface area contributed by atoms with Crippen LogP contribution in [0.25, 0.3) is 10.1 Å². The Morgan fingerprint density at radius 2 is 1.83 bits per heavy atom. The van der Waals surface area contributed by atoms with Crippen molar-refractivity contribution in [3.63, 3.8) is 0 Å². The largest absolute Gasteiger partial charge is 0.468 e. The Kier molecular flexibility index (Phi) is 11.7. The number of rotatable bonds is 7. The van der Waals surface area contributed by atoms with Crippen LogP contribution >= 0.6 is 11.3 Å². The lowest BCUT2D eigenvalue weighted by molar-refractivity contribution is -0.116. The molecule has 0 unspecified atom stereocenters. The van der Waals surface area contributed by atoms with Gasteiger partial charge in [0.2, 0.25) is 12.3 Å². The van der Waals surface area contributed by atoms with Crippen LogP contribution in [0.3, 0.4) is 0 Å². The maximum atomic E-state index is 12.1. The minimum atomic E-state index is -0.537. The lowest BCUT2D eigenvalue weighted by Crippen LogP contribution is -2.16. The van der Waals surface area contributed by atoms with Crippen molar-refractivity contribution < 1.29 is 24.0 Å². The van der Waals surface area contributed by atoms with Gasteiger partial charge in [0.15, 0.2) is 0 Å². The lowest BCUT2D eigenvalue weighted by Gasteiger charge is -2.05. The van der Waals surface area contributed by atoms with E-state index in [0.717, 1.165) is 28.0 Å². The van der Waals surface area contributed by atoms with E-state index < -0.39 is 5.91 Å². The normalized spacial score (nSPS) is 9.77. The molecular formula is C25H28N4O5S. The van der Waals surface area contributed by atoms with Crippen LogP contribution in [0, 0.1) is 0 Å². The molecule has 6 N–H and O–H groups in total. The molecular weight excluding hydrogens is 468 g/mol. The summed E-state index contributed by atoms with van der Waals surface area (Å²) in [5.41, 5.74) is 7.60. The first kappa shape index (κ1) is 27.3. The SMILES string of the molecule is CNCc1ccco1.NC=O.O=C(CCc1ccccc1)Nc1ccc2sc(C(=O)NO)cc2c1. The number of fused-ring (bicyclic) bond motifs is 1. The van der Waals surface area contributed by atoms with E-state index in [1.54, 1.807) is 23.9 Å². The zero-order valence-corrected chi connectivity index (χ0v) is 20.0. The summed E-state index contributed by atoms with van der Waals surface area (Å²) in [5.74, 6) is 0.388. The maximum absolute atomic E-state index is 12.1. The monoisotopic (exact) mass is 496 g/mol. The number of aryl methyl sites for hydroxylation is 1. The Bertz CT molecular complexity index is 1190. The van der Waals surface area contributed by atoms with Crippen LogP contribution < -0.4 is 21.8 Å². The molecule has 2 aromatic heterocycles. The zero-order valence-electron chi connectivity index (χ0n) is 19.2. The van der Waals surface area contributed by atoms with Gasteiger partial charge in [-0.2, -0.15) is 0 Å². The third-order valence-electron chi connectivity index (χ3n) is 4.54. The van der Waals surface area contributed by atoms with Gasteiger partial charge >= 0.3 is 0 Å². The second-order valence-electron chi connectivity index (χ2n) is 7.08. The summed E-state index contributed by atoms with van der Waals surface area (Å²) in [6.07, 6.45) is 3.02. The first-order valence-corrected chi connectivity index (χ1v) is 11.5. The number of hydrogen-bond acceptors (Lipinski definition) is 7. The minimum absolute atomic E-state index is 0.0539. The second-order valence-corrected chi connectivity index (χ2v) is 8.17. The number of furan rings is 1. The van der Waals surface area contributed by atoms with Crippen LogP contribution in [-0.4, -0.2) is 30.5 Å². The molecule has 0 aliphatic carbocycles. The van der Waals surface area contributed by atoms with E-state index in [1.165, 1.54) is 11.3 Å². The van der Waals surface area contributed by atoms with E-state index in [2.05, 4.69) is 16.4 Å². The molecule has 0 radical (unpaired) electrons. The average Bonchev–Trinajstić information content (AvgIpc) is 3.54. The molecule has 0 fully saturated rings. The molecule has 10 heteroatoms. The molecule has 0 spiro atoms. The summed E-state index contributed by atoms with van der Waals surface area (Å²) in [7, 11) is 1.89. The van der Waals surface area contributed by atoms with Gasteiger partial charge in [-0.3, -0.25) is 19.6 Å². The number of primary amides is 1. The third kappa shape index (κ3) is 9.41. The van der Waals surface area contributed by atoms with E-state index in [9.17, 15) is 9.59 Å². The van der Waals surface area contributed by atoms with Gasteiger partial charge in [-0.05, 0) is 60.8 Å². The van der Waals surface area contributed by atoms with Crippen LogP contribution in [0.1, 0.15) is 27.4 Å².